The minimum Gasteiger partial charge on any atom is -0.382 e. The molecule has 1 aromatic carbocycles. The van der Waals surface area contributed by atoms with E-state index in [2.05, 4.69) is 19.6 Å². The molecule has 1 fully saturated rings. The van der Waals surface area contributed by atoms with Crippen molar-refractivity contribution in [1.29, 1.82) is 5.26 Å². The molecule has 9 heteroatoms. The Hall–Kier alpha value is -2.93. The largest absolute Gasteiger partial charge is 0.382 e. The Kier molecular flexibility index (Phi) is 8.31. The van der Waals surface area contributed by atoms with Crippen molar-refractivity contribution < 1.29 is 19.1 Å². The first kappa shape index (κ1) is 25.7. The van der Waals surface area contributed by atoms with Crippen molar-refractivity contribution in [2.75, 3.05) is 47.0 Å². The van der Waals surface area contributed by atoms with Crippen LogP contribution in [0.3, 0.4) is 0 Å². The van der Waals surface area contributed by atoms with Crippen molar-refractivity contribution in [3.05, 3.63) is 47.3 Å². The Labute approximate surface area is 202 Å². The molecule has 1 aromatic heterocycles. The summed E-state index contributed by atoms with van der Waals surface area (Å²) in [6, 6.07) is 10.2. The number of fused-ring (bicyclic) bond motifs is 1. The van der Waals surface area contributed by atoms with Gasteiger partial charge in [0.1, 0.15) is 18.4 Å². The summed E-state index contributed by atoms with van der Waals surface area (Å²) in [6.45, 7) is 9.86. The van der Waals surface area contributed by atoms with Crippen LogP contribution in [0, 0.1) is 11.3 Å². The van der Waals surface area contributed by atoms with Crippen molar-refractivity contribution >= 4 is 30.7 Å². The summed E-state index contributed by atoms with van der Waals surface area (Å²) in [5.74, 6) is -0.426. The second kappa shape index (κ2) is 11.0. The van der Waals surface area contributed by atoms with Crippen LogP contribution in [-0.4, -0.2) is 81.1 Å². The second-order valence-electron chi connectivity index (χ2n) is 9.93. The number of nitrogens with zero attached hydrogens (tertiary/aromatic N) is 4. The lowest BCUT2D eigenvalue weighted by atomic mass is 10.1. The number of carbonyl (C=O) groups is 2. The second-order valence-corrected chi connectivity index (χ2v) is 15.6. The quantitative estimate of drug-likeness (QED) is 0.178. The van der Waals surface area contributed by atoms with Crippen molar-refractivity contribution in [2.45, 2.75) is 32.4 Å². The molecule has 0 aliphatic carbocycles. The van der Waals surface area contributed by atoms with Crippen LogP contribution in [-0.2, 0) is 16.2 Å². The number of allylic oxidation sites excluding steroid dienone is 1. The Morgan fingerprint density at radius 2 is 1.91 bits per heavy atom. The number of benzene rings is 1. The fourth-order valence-electron chi connectivity index (χ4n) is 3.75. The molecule has 2 aromatic rings. The first-order valence-electron chi connectivity index (χ1n) is 11.5. The minimum absolute atomic E-state index is 0.0424. The van der Waals surface area contributed by atoms with Crippen molar-refractivity contribution in [3.63, 3.8) is 0 Å². The maximum atomic E-state index is 13.3. The molecule has 0 spiro atoms. The third-order valence-corrected chi connectivity index (χ3v) is 7.35. The van der Waals surface area contributed by atoms with Crippen LogP contribution in [0.15, 0.2) is 36.0 Å². The standard InChI is InChI=1S/C25H34N4O4Si/c1-27(2)17-21(16-26)24(30)23-15-20-14-19(25(31)28-8-10-32-11-9-28)6-7-22(20)29(23)18-33-12-13-34(3,4)5/h6-7,14-15,17H,8-13,18H2,1-5H3/b21-17+. The van der Waals surface area contributed by atoms with E-state index < -0.39 is 8.07 Å². The Morgan fingerprint density at radius 1 is 1.21 bits per heavy atom. The summed E-state index contributed by atoms with van der Waals surface area (Å²) in [5, 5.41) is 10.3. The molecule has 1 amide bonds. The van der Waals surface area contributed by atoms with Crippen molar-refractivity contribution in [2.24, 2.45) is 0 Å². The zero-order chi connectivity index (χ0) is 24.9. The molecule has 0 unspecified atom stereocenters. The lowest BCUT2D eigenvalue weighted by Gasteiger charge is -2.26. The third-order valence-electron chi connectivity index (χ3n) is 5.65. The van der Waals surface area contributed by atoms with E-state index in [0.29, 0.717) is 44.2 Å². The highest BCUT2D eigenvalue weighted by molar-refractivity contribution is 6.76. The van der Waals surface area contributed by atoms with Gasteiger partial charge in [0.2, 0.25) is 5.78 Å². The first-order chi connectivity index (χ1) is 16.1. The molecule has 8 nitrogen and oxygen atoms in total. The van der Waals surface area contributed by atoms with E-state index in [1.807, 2.05) is 18.2 Å². The molecular weight excluding hydrogens is 448 g/mol. The number of ketones is 1. The first-order valence-corrected chi connectivity index (χ1v) is 15.2. The molecule has 3 rings (SSSR count). The Morgan fingerprint density at radius 3 is 2.53 bits per heavy atom. The third kappa shape index (κ3) is 6.35. The fraction of sp³-hybridized carbons (Fsp3) is 0.480. The SMILES string of the molecule is CN(C)/C=C(\C#N)C(=O)c1cc2cc(C(=O)N3CCOCC3)ccc2n1COCC[Si](C)(C)C. The van der Waals surface area contributed by atoms with Crippen molar-refractivity contribution in [3.8, 4) is 6.07 Å². The smallest absolute Gasteiger partial charge is 0.254 e. The zero-order valence-electron chi connectivity index (χ0n) is 20.8. The van der Waals surface area contributed by atoms with Gasteiger partial charge in [-0.15, -0.1) is 0 Å². The van der Waals surface area contributed by atoms with E-state index in [-0.39, 0.29) is 24.0 Å². The number of nitriles is 1. The number of amides is 1. The molecule has 0 atom stereocenters. The van der Waals surface area contributed by atoms with Gasteiger partial charge in [-0.3, -0.25) is 9.59 Å². The number of rotatable bonds is 9. The highest BCUT2D eigenvalue weighted by Crippen LogP contribution is 2.25. The van der Waals surface area contributed by atoms with E-state index in [0.717, 1.165) is 16.9 Å². The normalized spacial score (nSPS) is 14.8. The van der Waals surface area contributed by atoms with E-state index in [1.54, 1.807) is 40.6 Å². The van der Waals surface area contributed by atoms with E-state index in [4.69, 9.17) is 9.47 Å². The van der Waals surface area contributed by atoms with Crippen LogP contribution in [0.2, 0.25) is 25.7 Å². The van der Waals surface area contributed by atoms with E-state index >= 15 is 0 Å². The summed E-state index contributed by atoms with van der Waals surface area (Å²) >= 11 is 0. The number of carbonyl (C=O) groups excluding carboxylic acids is 2. The topological polar surface area (TPSA) is 87.8 Å². The number of aromatic nitrogens is 1. The Bertz CT molecular complexity index is 1120. The maximum Gasteiger partial charge on any atom is 0.254 e. The molecule has 0 bridgehead atoms. The Balaban J connectivity index is 1.97. The summed E-state index contributed by atoms with van der Waals surface area (Å²) in [5.41, 5.74) is 1.76. The molecule has 0 saturated carbocycles. The van der Waals surface area contributed by atoms with E-state index in [1.165, 1.54) is 6.20 Å². The van der Waals surface area contributed by atoms with Gasteiger partial charge >= 0.3 is 0 Å². The number of hydrogen-bond donors (Lipinski definition) is 0. The molecule has 1 aliphatic heterocycles. The number of morpholine rings is 1. The zero-order valence-corrected chi connectivity index (χ0v) is 21.8. The van der Waals surface area contributed by atoms with Gasteiger partial charge in [0.15, 0.2) is 0 Å². The fourth-order valence-corrected chi connectivity index (χ4v) is 4.51. The van der Waals surface area contributed by atoms with Crippen LogP contribution in [0.5, 0.6) is 0 Å². The van der Waals surface area contributed by atoms with Gasteiger partial charge in [-0.25, -0.2) is 0 Å². The lowest BCUT2D eigenvalue weighted by molar-refractivity contribution is 0.0303. The number of Topliss-reactive ketones (excluding diaryl/α,β-unsaturated/α-hetero) is 1. The lowest BCUT2D eigenvalue weighted by Crippen LogP contribution is -2.40. The molecule has 1 saturated heterocycles. The highest BCUT2D eigenvalue weighted by Gasteiger charge is 2.23. The molecule has 182 valence electrons. The minimum atomic E-state index is -1.26. The van der Waals surface area contributed by atoms with Crippen molar-refractivity contribution in [1.82, 2.24) is 14.4 Å². The highest BCUT2D eigenvalue weighted by atomic mass is 28.3. The van der Waals surface area contributed by atoms with Gasteiger partial charge in [0.05, 0.1) is 24.4 Å². The van der Waals surface area contributed by atoms with Gasteiger partial charge in [-0.05, 0) is 30.3 Å². The monoisotopic (exact) mass is 482 g/mol. The predicted molar refractivity (Wildman–Crippen MR) is 134 cm³/mol. The summed E-state index contributed by atoms with van der Waals surface area (Å²) < 4.78 is 13.1. The number of hydrogen-bond acceptors (Lipinski definition) is 6. The van der Waals surface area contributed by atoms with Crippen LogP contribution in [0.4, 0.5) is 0 Å². The van der Waals surface area contributed by atoms with Crippen LogP contribution in [0.1, 0.15) is 20.8 Å². The van der Waals surface area contributed by atoms with Gasteiger partial charge in [0, 0.05) is 59.0 Å². The molecule has 0 N–H and O–H groups in total. The summed E-state index contributed by atoms with van der Waals surface area (Å²) in [7, 11) is 2.28. The van der Waals surface area contributed by atoms with Gasteiger partial charge in [-0.1, -0.05) is 19.6 Å². The molecule has 2 heterocycles. The van der Waals surface area contributed by atoms with Crippen LogP contribution in [0.25, 0.3) is 10.9 Å². The molecule has 0 radical (unpaired) electrons. The average Bonchev–Trinajstić information content (AvgIpc) is 3.16. The molecule has 1 aliphatic rings. The summed E-state index contributed by atoms with van der Waals surface area (Å²) in [6.07, 6.45) is 1.52. The average molecular weight is 483 g/mol. The van der Waals surface area contributed by atoms with Gasteiger partial charge < -0.3 is 23.8 Å². The van der Waals surface area contributed by atoms with Gasteiger partial charge in [0.25, 0.3) is 5.91 Å². The molecule has 34 heavy (non-hydrogen) atoms. The molecular formula is C25H34N4O4Si. The predicted octanol–water partition coefficient (Wildman–Crippen LogP) is 3.58. The summed E-state index contributed by atoms with van der Waals surface area (Å²) in [4.78, 5) is 29.7. The number of ether oxygens (including phenoxy) is 2. The van der Waals surface area contributed by atoms with E-state index in [9.17, 15) is 14.9 Å². The maximum absolute atomic E-state index is 13.3. The van der Waals surface area contributed by atoms with Gasteiger partial charge in [-0.2, -0.15) is 5.26 Å². The van der Waals surface area contributed by atoms with Crippen LogP contribution < -0.4 is 0 Å². The van der Waals surface area contributed by atoms with Crippen LogP contribution >= 0.6 is 0 Å².